The van der Waals surface area contributed by atoms with E-state index in [1.165, 1.54) is 18.3 Å². The minimum absolute atomic E-state index is 0.0803. The maximum absolute atomic E-state index is 12.5. The average Bonchev–Trinajstić information content (AvgIpc) is 2.30. The summed E-state index contributed by atoms with van der Waals surface area (Å²) in [7, 11) is -3.78. The second-order valence-corrected chi connectivity index (χ2v) is 7.42. The lowest BCUT2D eigenvalue weighted by atomic mass is 10.3. The van der Waals surface area contributed by atoms with Crippen LogP contribution >= 0.6 is 31.9 Å². The molecule has 0 saturated carbocycles. The monoisotopic (exact) mass is 419 g/mol. The summed E-state index contributed by atoms with van der Waals surface area (Å²) in [5, 5.41) is 0. The summed E-state index contributed by atoms with van der Waals surface area (Å²) in [5.41, 5.74) is 6.85. The van der Waals surface area contributed by atoms with Crippen LogP contribution in [0, 0.1) is 6.92 Å². The predicted molar refractivity (Wildman–Crippen MR) is 86.0 cm³/mol. The second kappa shape index (κ2) is 5.71. The van der Waals surface area contributed by atoms with Crippen LogP contribution < -0.4 is 10.5 Å². The molecule has 0 saturated heterocycles. The quantitative estimate of drug-likeness (QED) is 0.746. The van der Waals surface area contributed by atoms with Gasteiger partial charge in [-0.25, -0.2) is 13.4 Å². The van der Waals surface area contributed by atoms with Crippen LogP contribution in [-0.4, -0.2) is 13.4 Å². The number of benzene rings is 1. The molecule has 0 aliphatic heterocycles. The number of pyridine rings is 1. The summed E-state index contributed by atoms with van der Waals surface area (Å²) in [6.07, 6.45) is 1.53. The van der Waals surface area contributed by atoms with Crippen LogP contribution in [0.2, 0.25) is 0 Å². The zero-order valence-electron chi connectivity index (χ0n) is 10.4. The van der Waals surface area contributed by atoms with Gasteiger partial charge in [-0.15, -0.1) is 0 Å². The van der Waals surface area contributed by atoms with E-state index in [-0.39, 0.29) is 4.90 Å². The van der Waals surface area contributed by atoms with Crippen LogP contribution in [0.5, 0.6) is 0 Å². The van der Waals surface area contributed by atoms with Crippen LogP contribution in [0.1, 0.15) is 5.56 Å². The SMILES string of the molecule is Cc1cccnc1NS(=O)(=O)c1c(Br)cc(N)cc1Br. The van der Waals surface area contributed by atoms with Crippen LogP contribution in [0.25, 0.3) is 0 Å². The Bertz CT molecular complexity index is 740. The average molecular weight is 421 g/mol. The highest BCUT2D eigenvalue weighted by Gasteiger charge is 2.22. The lowest BCUT2D eigenvalue weighted by molar-refractivity contribution is 0.600. The van der Waals surface area contributed by atoms with E-state index in [4.69, 9.17) is 5.73 Å². The number of rotatable bonds is 3. The number of nitrogens with two attached hydrogens (primary N) is 1. The number of hydrogen-bond acceptors (Lipinski definition) is 4. The molecule has 0 bridgehead atoms. The molecular formula is C12H11Br2N3O2S. The van der Waals surface area contributed by atoms with Crippen molar-refractivity contribution < 1.29 is 8.42 Å². The van der Waals surface area contributed by atoms with Crippen LogP contribution in [-0.2, 0) is 10.0 Å². The minimum Gasteiger partial charge on any atom is -0.399 e. The summed E-state index contributed by atoms with van der Waals surface area (Å²) < 4.78 is 28.1. The molecule has 8 heteroatoms. The number of anilines is 2. The van der Waals surface area contributed by atoms with E-state index in [1.54, 1.807) is 19.1 Å². The van der Waals surface area contributed by atoms with Gasteiger partial charge < -0.3 is 5.73 Å². The predicted octanol–water partition coefficient (Wildman–Crippen LogP) is 3.30. The van der Waals surface area contributed by atoms with Gasteiger partial charge in [0.15, 0.2) is 0 Å². The summed E-state index contributed by atoms with van der Waals surface area (Å²) in [4.78, 5) is 4.10. The Morgan fingerprint density at radius 2 is 1.85 bits per heavy atom. The van der Waals surface area contributed by atoms with Crippen molar-refractivity contribution in [2.45, 2.75) is 11.8 Å². The van der Waals surface area contributed by atoms with E-state index in [2.05, 4.69) is 41.6 Å². The summed E-state index contributed by atoms with van der Waals surface area (Å²) >= 11 is 6.43. The van der Waals surface area contributed by atoms with E-state index >= 15 is 0 Å². The molecule has 1 aromatic heterocycles. The normalized spacial score (nSPS) is 11.3. The van der Waals surface area contributed by atoms with Gasteiger partial charge in [-0.05, 0) is 62.5 Å². The third-order valence-electron chi connectivity index (χ3n) is 2.53. The van der Waals surface area contributed by atoms with E-state index < -0.39 is 10.0 Å². The topological polar surface area (TPSA) is 85.1 Å². The summed E-state index contributed by atoms with van der Waals surface area (Å²) in [6, 6.07) is 6.58. The first-order valence-electron chi connectivity index (χ1n) is 5.50. The summed E-state index contributed by atoms with van der Waals surface area (Å²) in [6.45, 7) is 1.78. The molecule has 0 atom stereocenters. The van der Waals surface area contributed by atoms with Crippen molar-refractivity contribution in [3.05, 3.63) is 45.0 Å². The Morgan fingerprint density at radius 3 is 2.40 bits per heavy atom. The fraction of sp³-hybridized carbons (Fsp3) is 0.0833. The minimum atomic E-state index is -3.78. The molecule has 0 fully saturated rings. The Kier molecular flexibility index (Phi) is 4.36. The van der Waals surface area contributed by atoms with Crippen molar-refractivity contribution in [3.8, 4) is 0 Å². The molecule has 0 radical (unpaired) electrons. The second-order valence-electron chi connectivity index (χ2n) is 4.09. The molecule has 2 aromatic rings. The van der Waals surface area contributed by atoms with Crippen LogP contribution in [0.3, 0.4) is 0 Å². The number of nitrogens with zero attached hydrogens (tertiary/aromatic N) is 1. The van der Waals surface area contributed by atoms with Gasteiger partial charge in [0, 0.05) is 20.8 Å². The molecule has 1 heterocycles. The Balaban J connectivity index is 2.50. The lowest BCUT2D eigenvalue weighted by Crippen LogP contribution is -2.16. The van der Waals surface area contributed by atoms with Gasteiger partial charge in [-0.2, -0.15) is 0 Å². The molecule has 0 unspecified atom stereocenters. The maximum Gasteiger partial charge on any atom is 0.265 e. The maximum atomic E-state index is 12.5. The number of aryl methyl sites for hydroxylation is 1. The molecular weight excluding hydrogens is 410 g/mol. The smallest absolute Gasteiger partial charge is 0.265 e. The highest BCUT2D eigenvalue weighted by atomic mass is 79.9. The number of hydrogen-bond donors (Lipinski definition) is 2. The van der Waals surface area contributed by atoms with Crippen molar-refractivity contribution >= 4 is 53.4 Å². The molecule has 106 valence electrons. The molecule has 20 heavy (non-hydrogen) atoms. The first kappa shape index (κ1) is 15.3. The highest BCUT2D eigenvalue weighted by molar-refractivity contribution is 9.11. The molecule has 1 aromatic carbocycles. The Hall–Kier alpha value is -1.12. The lowest BCUT2D eigenvalue weighted by Gasteiger charge is -2.12. The number of sulfonamides is 1. The highest BCUT2D eigenvalue weighted by Crippen LogP contribution is 2.33. The largest absolute Gasteiger partial charge is 0.399 e. The van der Waals surface area contributed by atoms with Gasteiger partial charge in [0.1, 0.15) is 10.7 Å². The van der Waals surface area contributed by atoms with Gasteiger partial charge in [0.05, 0.1) is 0 Å². The van der Waals surface area contributed by atoms with Crippen molar-refractivity contribution in [2.24, 2.45) is 0 Å². The van der Waals surface area contributed by atoms with Gasteiger partial charge in [-0.1, -0.05) is 6.07 Å². The first-order chi connectivity index (χ1) is 9.31. The fourth-order valence-electron chi connectivity index (χ4n) is 1.61. The van der Waals surface area contributed by atoms with E-state index in [1.807, 2.05) is 0 Å². The summed E-state index contributed by atoms with van der Waals surface area (Å²) in [5.74, 6) is 0.295. The van der Waals surface area contributed by atoms with Crippen LogP contribution in [0.4, 0.5) is 11.5 Å². The first-order valence-corrected chi connectivity index (χ1v) is 8.57. The molecule has 3 N–H and O–H groups in total. The third-order valence-corrected chi connectivity index (χ3v) is 5.74. The van der Waals surface area contributed by atoms with Crippen molar-refractivity contribution in [1.29, 1.82) is 0 Å². The zero-order valence-corrected chi connectivity index (χ0v) is 14.4. The molecule has 0 aliphatic carbocycles. The van der Waals surface area contributed by atoms with Gasteiger partial charge in [-0.3, -0.25) is 4.72 Å². The van der Waals surface area contributed by atoms with E-state index in [0.717, 1.165) is 5.56 Å². The van der Waals surface area contributed by atoms with Crippen molar-refractivity contribution in [3.63, 3.8) is 0 Å². The van der Waals surface area contributed by atoms with Gasteiger partial charge in [0.2, 0.25) is 0 Å². The number of nitrogens with one attached hydrogen (secondary N) is 1. The third kappa shape index (κ3) is 3.13. The van der Waals surface area contributed by atoms with Crippen molar-refractivity contribution in [1.82, 2.24) is 4.98 Å². The van der Waals surface area contributed by atoms with Gasteiger partial charge >= 0.3 is 0 Å². The molecule has 2 rings (SSSR count). The zero-order chi connectivity index (χ0) is 14.9. The van der Waals surface area contributed by atoms with E-state index in [9.17, 15) is 8.42 Å². The Labute approximate surface area is 133 Å². The molecule has 5 nitrogen and oxygen atoms in total. The van der Waals surface area contributed by atoms with Crippen molar-refractivity contribution in [2.75, 3.05) is 10.5 Å². The number of nitrogen functional groups attached to an aromatic ring is 1. The number of aromatic nitrogens is 1. The Morgan fingerprint density at radius 1 is 1.25 bits per heavy atom. The standard InChI is InChI=1S/C12H11Br2N3O2S/c1-7-3-2-4-16-12(7)17-20(18,19)11-9(13)5-8(15)6-10(11)14/h2-6H,15H2,1H3,(H,16,17). The van der Waals surface area contributed by atoms with E-state index in [0.29, 0.717) is 20.5 Å². The molecule has 0 spiro atoms. The fourth-order valence-corrected chi connectivity index (χ4v) is 5.31. The van der Waals surface area contributed by atoms with Crippen LogP contribution in [0.15, 0.2) is 44.3 Å². The molecule has 0 aliphatic rings. The van der Waals surface area contributed by atoms with Gasteiger partial charge in [0.25, 0.3) is 10.0 Å². The molecule has 0 amide bonds. The number of halogens is 2.